The summed E-state index contributed by atoms with van der Waals surface area (Å²) in [5, 5.41) is 4.61. The van der Waals surface area contributed by atoms with Crippen molar-refractivity contribution in [2.75, 3.05) is 0 Å². The van der Waals surface area contributed by atoms with Gasteiger partial charge in [0.05, 0.1) is 11.4 Å². The standard InChI is InChI=1S/C14H19N3/c1-4-17-12(9-15)8-14(16-17)13-7-10(2)5-6-11(13)3/h5-8H,4,9,15H2,1-3H3. The van der Waals surface area contributed by atoms with Crippen LogP contribution in [0.25, 0.3) is 11.3 Å². The predicted molar refractivity (Wildman–Crippen MR) is 70.7 cm³/mol. The molecule has 2 rings (SSSR count). The second-order valence-electron chi connectivity index (χ2n) is 4.36. The van der Waals surface area contributed by atoms with Crippen LogP contribution in [0.3, 0.4) is 0 Å². The Morgan fingerprint density at radius 2 is 2.00 bits per heavy atom. The van der Waals surface area contributed by atoms with E-state index in [1.54, 1.807) is 0 Å². The highest BCUT2D eigenvalue weighted by molar-refractivity contribution is 5.64. The summed E-state index contributed by atoms with van der Waals surface area (Å²) in [6.45, 7) is 7.69. The lowest BCUT2D eigenvalue weighted by Crippen LogP contribution is -2.06. The van der Waals surface area contributed by atoms with Crippen LogP contribution in [-0.4, -0.2) is 9.78 Å². The molecule has 0 spiro atoms. The Morgan fingerprint density at radius 3 is 2.59 bits per heavy atom. The number of hydrogen-bond donors (Lipinski definition) is 1. The smallest absolute Gasteiger partial charge is 0.0929 e. The van der Waals surface area contributed by atoms with Crippen molar-refractivity contribution in [1.29, 1.82) is 0 Å². The van der Waals surface area contributed by atoms with E-state index in [0.717, 1.165) is 17.9 Å². The molecule has 0 saturated carbocycles. The highest BCUT2D eigenvalue weighted by atomic mass is 15.3. The monoisotopic (exact) mass is 229 g/mol. The Kier molecular flexibility index (Phi) is 3.29. The van der Waals surface area contributed by atoms with Gasteiger partial charge >= 0.3 is 0 Å². The maximum atomic E-state index is 5.72. The van der Waals surface area contributed by atoms with Crippen LogP contribution in [-0.2, 0) is 13.1 Å². The van der Waals surface area contributed by atoms with Gasteiger partial charge < -0.3 is 5.73 Å². The molecular formula is C14H19N3. The van der Waals surface area contributed by atoms with Crippen LogP contribution in [0.15, 0.2) is 24.3 Å². The molecule has 0 saturated heterocycles. The van der Waals surface area contributed by atoms with Gasteiger partial charge in [0.15, 0.2) is 0 Å². The van der Waals surface area contributed by atoms with E-state index < -0.39 is 0 Å². The molecule has 3 nitrogen and oxygen atoms in total. The van der Waals surface area contributed by atoms with Gasteiger partial charge in [-0.05, 0) is 38.5 Å². The molecule has 0 bridgehead atoms. The second kappa shape index (κ2) is 4.72. The summed E-state index contributed by atoms with van der Waals surface area (Å²) in [6.07, 6.45) is 0. The number of rotatable bonds is 3. The minimum Gasteiger partial charge on any atom is -0.325 e. The summed E-state index contributed by atoms with van der Waals surface area (Å²) in [5.74, 6) is 0. The van der Waals surface area contributed by atoms with Crippen LogP contribution in [0, 0.1) is 13.8 Å². The molecule has 17 heavy (non-hydrogen) atoms. The van der Waals surface area contributed by atoms with Gasteiger partial charge in [-0.15, -0.1) is 0 Å². The summed E-state index contributed by atoms with van der Waals surface area (Å²) in [6, 6.07) is 8.53. The number of hydrogen-bond acceptors (Lipinski definition) is 2. The second-order valence-corrected chi connectivity index (χ2v) is 4.36. The van der Waals surface area contributed by atoms with E-state index in [0.29, 0.717) is 6.54 Å². The maximum Gasteiger partial charge on any atom is 0.0929 e. The molecule has 0 aliphatic carbocycles. The van der Waals surface area contributed by atoms with Crippen LogP contribution in [0.2, 0.25) is 0 Å². The zero-order valence-electron chi connectivity index (χ0n) is 10.7. The lowest BCUT2D eigenvalue weighted by Gasteiger charge is -2.03. The molecule has 90 valence electrons. The molecule has 0 atom stereocenters. The average Bonchev–Trinajstić information content (AvgIpc) is 2.75. The fourth-order valence-electron chi connectivity index (χ4n) is 2.04. The topological polar surface area (TPSA) is 43.8 Å². The van der Waals surface area contributed by atoms with Crippen LogP contribution in [0.5, 0.6) is 0 Å². The minimum atomic E-state index is 0.533. The third-order valence-electron chi connectivity index (χ3n) is 3.04. The summed E-state index contributed by atoms with van der Waals surface area (Å²) in [4.78, 5) is 0. The molecule has 0 amide bonds. The van der Waals surface area contributed by atoms with Gasteiger partial charge in [-0.3, -0.25) is 4.68 Å². The van der Waals surface area contributed by atoms with E-state index in [4.69, 9.17) is 5.73 Å². The van der Waals surface area contributed by atoms with Crippen LogP contribution < -0.4 is 5.73 Å². The average molecular weight is 229 g/mol. The Hall–Kier alpha value is -1.61. The van der Waals surface area contributed by atoms with E-state index in [-0.39, 0.29) is 0 Å². The fraction of sp³-hybridized carbons (Fsp3) is 0.357. The summed E-state index contributed by atoms with van der Waals surface area (Å²) < 4.78 is 1.97. The predicted octanol–water partition coefficient (Wildman–Crippen LogP) is 2.65. The van der Waals surface area contributed by atoms with Crippen molar-refractivity contribution in [3.63, 3.8) is 0 Å². The third kappa shape index (κ3) is 2.24. The minimum absolute atomic E-state index is 0.533. The van der Waals surface area contributed by atoms with Crippen molar-refractivity contribution in [2.45, 2.75) is 33.9 Å². The van der Waals surface area contributed by atoms with Gasteiger partial charge in [0.25, 0.3) is 0 Å². The van der Waals surface area contributed by atoms with Gasteiger partial charge in [0.1, 0.15) is 0 Å². The molecule has 1 aromatic carbocycles. The van der Waals surface area contributed by atoms with E-state index >= 15 is 0 Å². The van der Waals surface area contributed by atoms with Gasteiger partial charge in [-0.1, -0.05) is 17.7 Å². The first-order valence-corrected chi connectivity index (χ1v) is 6.00. The van der Waals surface area contributed by atoms with E-state index in [1.165, 1.54) is 16.7 Å². The fourth-order valence-corrected chi connectivity index (χ4v) is 2.04. The maximum absolute atomic E-state index is 5.72. The molecule has 0 aliphatic rings. The molecule has 2 aromatic rings. The lowest BCUT2D eigenvalue weighted by atomic mass is 10.0. The SMILES string of the molecule is CCn1nc(-c2cc(C)ccc2C)cc1CN. The first-order valence-electron chi connectivity index (χ1n) is 6.00. The molecular weight excluding hydrogens is 210 g/mol. The molecule has 3 heteroatoms. The summed E-state index contributed by atoms with van der Waals surface area (Å²) in [5.41, 5.74) is 11.5. The van der Waals surface area contributed by atoms with Crippen LogP contribution >= 0.6 is 0 Å². The molecule has 0 unspecified atom stereocenters. The summed E-state index contributed by atoms with van der Waals surface area (Å²) in [7, 11) is 0. The quantitative estimate of drug-likeness (QED) is 0.879. The van der Waals surface area contributed by atoms with Gasteiger partial charge in [-0.25, -0.2) is 0 Å². The number of aryl methyl sites for hydroxylation is 3. The lowest BCUT2D eigenvalue weighted by molar-refractivity contribution is 0.624. The zero-order chi connectivity index (χ0) is 12.4. The normalized spacial score (nSPS) is 10.8. The van der Waals surface area contributed by atoms with Crippen molar-refractivity contribution >= 4 is 0 Å². The van der Waals surface area contributed by atoms with Crippen molar-refractivity contribution < 1.29 is 0 Å². The van der Waals surface area contributed by atoms with Crippen LogP contribution in [0.1, 0.15) is 23.7 Å². The van der Waals surface area contributed by atoms with Gasteiger partial charge in [-0.2, -0.15) is 5.10 Å². The first-order chi connectivity index (χ1) is 8.15. The van der Waals surface area contributed by atoms with Crippen molar-refractivity contribution in [3.8, 4) is 11.3 Å². The molecule has 0 fully saturated rings. The number of aromatic nitrogens is 2. The van der Waals surface area contributed by atoms with E-state index in [9.17, 15) is 0 Å². The van der Waals surface area contributed by atoms with Gasteiger partial charge in [0.2, 0.25) is 0 Å². The van der Waals surface area contributed by atoms with E-state index in [1.807, 2.05) is 4.68 Å². The van der Waals surface area contributed by atoms with E-state index in [2.05, 4.69) is 50.1 Å². The van der Waals surface area contributed by atoms with Crippen molar-refractivity contribution in [3.05, 3.63) is 41.1 Å². The molecule has 0 radical (unpaired) electrons. The van der Waals surface area contributed by atoms with Crippen LogP contribution in [0.4, 0.5) is 0 Å². The number of benzene rings is 1. The Labute approximate surface area is 102 Å². The highest BCUT2D eigenvalue weighted by Crippen LogP contribution is 2.24. The molecule has 0 aliphatic heterocycles. The Balaban J connectivity index is 2.52. The molecule has 1 heterocycles. The number of nitrogens with zero attached hydrogens (tertiary/aromatic N) is 2. The zero-order valence-corrected chi connectivity index (χ0v) is 10.7. The molecule has 2 N–H and O–H groups in total. The van der Waals surface area contributed by atoms with Crippen molar-refractivity contribution in [1.82, 2.24) is 9.78 Å². The Bertz CT molecular complexity index is 505. The first kappa shape index (κ1) is 11.9. The summed E-state index contributed by atoms with van der Waals surface area (Å²) >= 11 is 0. The van der Waals surface area contributed by atoms with Crippen molar-refractivity contribution in [2.24, 2.45) is 5.73 Å². The molecule has 1 aromatic heterocycles. The number of nitrogens with two attached hydrogens (primary N) is 1. The highest BCUT2D eigenvalue weighted by Gasteiger charge is 2.09. The third-order valence-corrected chi connectivity index (χ3v) is 3.04. The largest absolute Gasteiger partial charge is 0.325 e. The Morgan fingerprint density at radius 1 is 1.24 bits per heavy atom. The van der Waals surface area contributed by atoms with Gasteiger partial charge in [0, 0.05) is 18.7 Å².